The molecule has 0 aliphatic rings. The first kappa shape index (κ1) is 21.4. The van der Waals surface area contributed by atoms with Gasteiger partial charge in [-0.2, -0.15) is 0 Å². The predicted molar refractivity (Wildman–Crippen MR) is 103 cm³/mol. The molecule has 0 saturated heterocycles. The second-order valence-corrected chi connectivity index (χ2v) is 6.88. The zero-order valence-corrected chi connectivity index (χ0v) is 16.8. The lowest BCUT2D eigenvalue weighted by molar-refractivity contribution is 0.145. The summed E-state index contributed by atoms with van der Waals surface area (Å²) in [4.78, 5) is 4.68. The van der Waals surface area contributed by atoms with Crippen LogP contribution in [0.25, 0.3) is 0 Å². The molecule has 0 spiro atoms. The lowest BCUT2D eigenvalue weighted by atomic mass is 10.0. The minimum Gasteiger partial charge on any atom is -0.382 e. The van der Waals surface area contributed by atoms with Crippen LogP contribution in [0.3, 0.4) is 0 Å². The first-order chi connectivity index (χ1) is 11.9. The van der Waals surface area contributed by atoms with Gasteiger partial charge < -0.3 is 19.9 Å². The van der Waals surface area contributed by atoms with Crippen LogP contribution < -0.4 is 10.6 Å². The van der Waals surface area contributed by atoms with Gasteiger partial charge in [-0.05, 0) is 46.0 Å². The van der Waals surface area contributed by atoms with Gasteiger partial charge in [0.25, 0.3) is 0 Å². The summed E-state index contributed by atoms with van der Waals surface area (Å²) in [6.45, 7) is 13.5. The van der Waals surface area contributed by atoms with E-state index in [4.69, 9.17) is 4.74 Å². The number of hydrogen-bond donors (Lipinski definition) is 2. The van der Waals surface area contributed by atoms with Crippen LogP contribution in [-0.4, -0.2) is 46.5 Å². The molecule has 1 atom stereocenters. The van der Waals surface area contributed by atoms with Gasteiger partial charge in [0, 0.05) is 32.8 Å². The van der Waals surface area contributed by atoms with Crippen molar-refractivity contribution in [2.24, 2.45) is 18.0 Å². The molecule has 25 heavy (non-hydrogen) atoms. The van der Waals surface area contributed by atoms with Crippen LogP contribution in [-0.2, 0) is 18.3 Å². The van der Waals surface area contributed by atoms with Crippen molar-refractivity contribution < 1.29 is 4.74 Å². The van der Waals surface area contributed by atoms with Crippen molar-refractivity contribution in [3.8, 4) is 0 Å². The first-order valence-electron chi connectivity index (χ1n) is 9.41. The number of nitrogens with zero attached hydrogens (tertiary/aromatic N) is 4. The molecule has 0 aliphatic heterocycles. The molecule has 0 aromatic carbocycles. The van der Waals surface area contributed by atoms with E-state index in [1.54, 1.807) is 0 Å². The second kappa shape index (κ2) is 11.8. The Morgan fingerprint density at radius 1 is 1.24 bits per heavy atom. The van der Waals surface area contributed by atoms with Crippen molar-refractivity contribution >= 4 is 5.96 Å². The van der Waals surface area contributed by atoms with Crippen molar-refractivity contribution in [3.05, 3.63) is 11.6 Å². The quantitative estimate of drug-likeness (QED) is 0.363. The lowest BCUT2D eigenvalue weighted by Crippen LogP contribution is -2.43. The monoisotopic (exact) mass is 352 g/mol. The zero-order chi connectivity index (χ0) is 18.7. The van der Waals surface area contributed by atoms with Crippen molar-refractivity contribution in [1.82, 2.24) is 25.4 Å². The fourth-order valence-electron chi connectivity index (χ4n) is 2.31. The molecule has 0 aliphatic carbocycles. The zero-order valence-electron chi connectivity index (χ0n) is 16.8. The molecular formula is C18H36N6O. The second-order valence-electron chi connectivity index (χ2n) is 6.88. The maximum atomic E-state index is 5.39. The number of aryl methyl sites for hydroxylation is 1. The molecule has 1 unspecified atom stereocenters. The topological polar surface area (TPSA) is 76.4 Å². The summed E-state index contributed by atoms with van der Waals surface area (Å²) in [6, 6.07) is 0.377. The van der Waals surface area contributed by atoms with Crippen LogP contribution in [0.5, 0.6) is 0 Å². The van der Waals surface area contributed by atoms with E-state index in [9.17, 15) is 0 Å². The number of ether oxygens (including phenoxy) is 1. The first-order valence-corrected chi connectivity index (χ1v) is 9.41. The van der Waals surface area contributed by atoms with E-state index in [0.29, 0.717) is 18.5 Å². The Labute approximate surface area is 152 Å². The van der Waals surface area contributed by atoms with Gasteiger partial charge in [0.1, 0.15) is 12.4 Å². The predicted octanol–water partition coefficient (Wildman–Crippen LogP) is 2.41. The highest BCUT2D eigenvalue weighted by molar-refractivity contribution is 5.80. The van der Waals surface area contributed by atoms with Crippen LogP contribution in [0.2, 0.25) is 0 Å². The normalized spacial score (nSPS) is 13.3. The summed E-state index contributed by atoms with van der Waals surface area (Å²) in [5.74, 6) is 3.30. The fraction of sp³-hybridized carbons (Fsp3) is 0.833. The maximum absolute atomic E-state index is 5.39. The van der Waals surface area contributed by atoms with Gasteiger partial charge in [-0.25, -0.2) is 4.99 Å². The van der Waals surface area contributed by atoms with E-state index in [2.05, 4.69) is 46.6 Å². The third-order valence-corrected chi connectivity index (χ3v) is 4.08. The Kier molecular flexibility index (Phi) is 10.1. The average molecular weight is 353 g/mol. The highest BCUT2D eigenvalue weighted by atomic mass is 16.5. The molecule has 2 N–H and O–H groups in total. The number of hydrogen-bond acceptors (Lipinski definition) is 4. The van der Waals surface area contributed by atoms with Crippen molar-refractivity contribution in [2.75, 3.05) is 19.8 Å². The van der Waals surface area contributed by atoms with Crippen molar-refractivity contribution in [2.45, 2.75) is 66.5 Å². The Hall–Kier alpha value is -1.63. The Morgan fingerprint density at radius 3 is 2.60 bits per heavy atom. The number of aliphatic imine (C=N–C) groups is 1. The SMILES string of the molecule is CCOCCCNC(=NCc1nnc(C)n1C)NC(C)CCC(C)C. The Balaban J connectivity index is 2.59. The van der Waals surface area contributed by atoms with Crippen LogP contribution in [0.4, 0.5) is 0 Å². The third-order valence-electron chi connectivity index (χ3n) is 4.08. The highest BCUT2D eigenvalue weighted by Gasteiger charge is 2.08. The van der Waals surface area contributed by atoms with Gasteiger partial charge in [0.15, 0.2) is 11.8 Å². The summed E-state index contributed by atoms with van der Waals surface area (Å²) in [5, 5.41) is 15.2. The molecule has 0 saturated carbocycles. The minimum absolute atomic E-state index is 0.377. The summed E-state index contributed by atoms with van der Waals surface area (Å²) in [7, 11) is 1.97. The minimum atomic E-state index is 0.377. The maximum Gasteiger partial charge on any atom is 0.191 e. The molecule has 1 aromatic rings. The number of rotatable bonds is 11. The smallest absolute Gasteiger partial charge is 0.191 e. The van der Waals surface area contributed by atoms with Gasteiger partial charge in [0.2, 0.25) is 0 Å². The van der Waals surface area contributed by atoms with Gasteiger partial charge in [-0.3, -0.25) is 0 Å². The molecule has 1 heterocycles. The van der Waals surface area contributed by atoms with Crippen LogP contribution in [0.15, 0.2) is 4.99 Å². The molecule has 0 bridgehead atoms. The van der Waals surface area contributed by atoms with E-state index in [-0.39, 0.29) is 0 Å². The Bertz CT molecular complexity index is 512. The lowest BCUT2D eigenvalue weighted by Gasteiger charge is -2.19. The number of guanidine groups is 1. The Morgan fingerprint density at radius 2 is 2.00 bits per heavy atom. The fourth-order valence-corrected chi connectivity index (χ4v) is 2.31. The molecule has 0 amide bonds. The summed E-state index contributed by atoms with van der Waals surface area (Å²) >= 11 is 0. The summed E-state index contributed by atoms with van der Waals surface area (Å²) in [5.41, 5.74) is 0. The molecule has 1 aromatic heterocycles. The number of nitrogens with one attached hydrogen (secondary N) is 2. The summed E-state index contributed by atoms with van der Waals surface area (Å²) < 4.78 is 7.36. The number of aromatic nitrogens is 3. The van der Waals surface area contributed by atoms with E-state index in [0.717, 1.165) is 50.2 Å². The van der Waals surface area contributed by atoms with Crippen LogP contribution in [0.1, 0.15) is 58.6 Å². The molecule has 1 rings (SSSR count). The van der Waals surface area contributed by atoms with E-state index < -0.39 is 0 Å². The summed E-state index contributed by atoms with van der Waals surface area (Å²) in [6.07, 6.45) is 3.28. The van der Waals surface area contributed by atoms with Crippen LogP contribution in [0, 0.1) is 12.8 Å². The van der Waals surface area contributed by atoms with Gasteiger partial charge in [-0.1, -0.05) is 13.8 Å². The largest absolute Gasteiger partial charge is 0.382 e. The molecule has 0 fully saturated rings. The van der Waals surface area contributed by atoms with Crippen molar-refractivity contribution in [3.63, 3.8) is 0 Å². The standard InChI is InChI=1S/C18H36N6O/c1-7-25-12-8-11-19-18(21-15(4)10-9-14(2)3)20-13-17-23-22-16(5)24(17)6/h14-15H,7-13H2,1-6H3,(H2,19,20,21). The molecule has 0 radical (unpaired) electrons. The van der Waals surface area contributed by atoms with Crippen molar-refractivity contribution in [1.29, 1.82) is 0 Å². The molecule has 7 nitrogen and oxygen atoms in total. The van der Waals surface area contributed by atoms with Gasteiger partial charge >= 0.3 is 0 Å². The average Bonchev–Trinajstić information content (AvgIpc) is 2.89. The van der Waals surface area contributed by atoms with Gasteiger partial charge in [-0.15, -0.1) is 10.2 Å². The molecule has 144 valence electrons. The van der Waals surface area contributed by atoms with E-state index in [1.165, 1.54) is 6.42 Å². The van der Waals surface area contributed by atoms with E-state index in [1.807, 2.05) is 25.5 Å². The molecule has 7 heteroatoms. The third kappa shape index (κ3) is 8.86. The van der Waals surface area contributed by atoms with E-state index >= 15 is 0 Å². The van der Waals surface area contributed by atoms with Crippen LogP contribution >= 0.6 is 0 Å². The molecular weight excluding hydrogens is 316 g/mol. The van der Waals surface area contributed by atoms with Gasteiger partial charge in [0.05, 0.1) is 0 Å². The highest BCUT2D eigenvalue weighted by Crippen LogP contribution is 2.06.